The number of rotatable bonds is 6. The van der Waals surface area contributed by atoms with Gasteiger partial charge in [0, 0.05) is 32.8 Å². The molecule has 3 heteroatoms. The first-order valence-electron chi connectivity index (χ1n) is 5.87. The quantitative estimate of drug-likeness (QED) is 0.671. The van der Waals surface area contributed by atoms with E-state index in [9.17, 15) is 0 Å². The van der Waals surface area contributed by atoms with Gasteiger partial charge in [-0.2, -0.15) is 0 Å². The highest BCUT2D eigenvalue weighted by molar-refractivity contribution is 5.04. The molecule has 1 rings (SSSR count). The van der Waals surface area contributed by atoms with E-state index in [0.717, 1.165) is 26.2 Å². The molecule has 0 aromatic heterocycles. The highest BCUT2D eigenvalue weighted by Gasteiger charge is 2.19. The van der Waals surface area contributed by atoms with E-state index in [0.29, 0.717) is 6.04 Å². The molecule has 0 fully saturated rings. The zero-order valence-corrected chi connectivity index (χ0v) is 10.3. The Kier molecular flexibility index (Phi) is 5.91. The molecule has 15 heavy (non-hydrogen) atoms. The van der Waals surface area contributed by atoms with Crippen LogP contribution in [0.25, 0.3) is 0 Å². The molecule has 0 aliphatic carbocycles. The minimum Gasteiger partial charge on any atom is -0.383 e. The molecule has 1 N–H and O–H groups in total. The molecule has 1 heterocycles. The Bertz CT molecular complexity index is 204. The molecule has 3 nitrogen and oxygen atoms in total. The number of nitrogens with zero attached hydrogens (tertiary/aromatic N) is 1. The fraction of sp³-hybridized carbons (Fsp3) is 0.833. The zero-order chi connectivity index (χ0) is 11.1. The van der Waals surface area contributed by atoms with Crippen molar-refractivity contribution in [3.05, 3.63) is 11.6 Å². The average Bonchev–Trinajstić information content (AvgIpc) is 2.25. The third kappa shape index (κ3) is 4.33. The molecule has 1 aliphatic heterocycles. The Hall–Kier alpha value is -0.380. The molecule has 1 unspecified atom stereocenters. The van der Waals surface area contributed by atoms with E-state index in [4.69, 9.17) is 4.74 Å². The number of methoxy groups -OCH3 is 1. The van der Waals surface area contributed by atoms with Crippen molar-refractivity contribution in [1.29, 1.82) is 0 Å². The van der Waals surface area contributed by atoms with Crippen molar-refractivity contribution in [2.24, 2.45) is 0 Å². The summed E-state index contributed by atoms with van der Waals surface area (Å²) in [5, 5.41) is 3.40. The number of hydrogen-bond acceptors (Lipinski definition) is 3. The van der Waals surface area contributed by atoms with Crippen LogP contribution in [0.2, 0.25) is 0 Å². The van der Waals surface area contributed by atoms with E-state index in [2.05, 4.69) is 30.1 Å². The third-order valence-corrected chi connectivity index (χ3v) is 2.97. The first-order chi connectivity index (χ1) is 7.27. The molecule has 1 atom stereocenters. The molecule has 0 saturated carbocycles. The number of ether oxygens (including phenoxy) is 1. The van der Waals surface area contributed by atoms with Gasteiger partial charge in [0.1, 0.15) is 0 Å². The van der Waals surface area contributed by atoms with E-state index < -0.39 is 0 Å². The summed E-state index contributed by atoms with van der Waals surface area (Å²) in [5.74, 6) is 0. The number of likely N-dealkylation sites (N-methyl/N-ethyl adjacent to an activating group) is 1. The smallest absolute Gasteiger partial charge is 0.0630 e. The van der Waals surface area contributed by atoms with Crippen molar-refractivity contribution < 1.29 is 4.74 Å². The van der Waals surface area contributed by atoms with Crippen molar-refractivity contribution >= 4 is 0 Å². The van der Waals surface area contributed by atoms with Gasteiger partial charge in [-0.3, -0.25) is 4.90 Å². The summed E-state index contributed by atoms with van der Waals surface area (Å²) in [5.41, 5.74) is 1.52. The molecule has 0 amide bonds. The van der Waals surface area contributed by atoms with Gasteiger partial charge in [-0.15, -0.1) is 0 Å². The predicted molar refractivity (Wildman–Crippen MR) is 64.2 cm³/mol. The minimum absolute atomic E-state index is 0.513. The Morgan fingerprint density at radius 3 is 2.93 bits per heavy atom. The monoisotopic (exact) mass is 212 g/mol. The lowest BCUT2D eigenvalue weighted by Gasteiger charge is -2.33. The van der Waals surface area contributed by atoms with Crippen molar-refractivity contribution in [3.8, 4) is 0 Å². The maximum Gasteiger partial charge on any atom is 0.0630 e. The second kappa shape index (κ2) is 6.99. The number of hydrogen-bond donors (Lipinski definition) is 1. The second-order valence-corrected chi connectivity index (χ2v) is 4.21. The van der Waals surface area contributed by atoms with Crippen molar-refractivity contribution in [1.82, 2.24) is 10.2 Å². The summed E-state index contributed by atoms with van der Waals surface area (Å²) >= 11 is 0. The molecule has 1 aliphatic rings. The van der Waals surface area contributed by atoms with Crippen LogP contribution < -0.4 is 5.32 Å². The Morgan fingerprint density at radius 2 is 2.40 bits per heavy atom. The molecular formula is C12H24N2O. The molecule has 0 radical (unpaired) electrons. The topological polar surface area (TPSA) is 24.5 Å². The Morgan fingerprint density at radius 1 is 1.60 bits per heavy atom. The van der Waals surface area contributed by atoms with Crippen LogP contribution in [-0.2, 0) is 4.74 Å². The summed E-state index contributed by atoms with van der Waals surface area (Å²) in [6.45, 7) is 9.48. The van der Waals surface area contributed by atoms with E-state index >= 15 is 0 Å². The van der Waals surface area contributed by atoms with Gasteiger partial charge in [0.05, 0.1) is 6.61 Å². The van der Waals surface area contributed by atoms with Gasteiger partial charge in [-0.25, -0.2) is 0 Å². The van der Waals surface area contributed by atoms with Gasteiger partial charge < -0.3 is 10.1 Å². The standard InChI is InChI=1S/C12H24N2O/c1-4-13-9-12(10-15-3)14-7-5-11(2)6-8-14/h5,12-13H,4,6-10H2,1-3H3. The summed E-state index contributed by atoms with van der Waals surface area (Å²) in [6, 6.07) is 0.513. The molecule has 0 spiro atoms. The van der Waals surface area contributed by atoms with Crippen LogP contribution in [0, 0.1) is 0 Å². The molecule has 88 valence electrons. The van der Waals surface area contributed by atoms with E-state index in [1.165, 1.54) is 18.5 Å². The highest BCUT2D eigenvalue weighted by atomic mass is 16.5. The summed E-state index contributed by atoms with van der Waals surface area (Å²) in [7, 11) is 1.78. The third-order valence-electron chi connectivity index (χ3n) is 2.97. The van der Waals surface area contributed by atoms with E-state index in [1.807, 2.05) is 0 Å². The fourth-order valence-electron chi connectivity index (χ4n) is 1.91. The first kappa shape index (κ1) is 12.7. The normalized spacial score (nSPS) is 20.1. The van der Waals surface area contributed by atoms with Crippen LogP contribution in [-0.4, -0.2) is 50.8 Å². The van der Waals surface area contributed by atoms with Gasteiger partial charge in [0.25, 0.3) is 0 Å². The molecule has 0 bridgehead atoms. The summed E-state index contributed by atoms with van der Waals surface area (Å²) < 4.78 is 5.28. The molecule has 0 saturated heterocycles. The maximum atomic E-state index is 5.28. The number of nitrogens with one attached hydrogen (secondary N) is 1. The van der Waals surface area contributed by atoms with Gasteiger partial charge in [-0.05, 0) is 19.9 Å². The van der Waals surface area contributed by atoms with Crippen molar-refractivity contribution in [3.63, 3.8) is 0 Å². The van der Waals surface area contributed by atoms with Crippen LogP contribution >= 0.6 is 0 Å². The van der Waals surface area contributed by atoms with Crippen molar-refractivity contribution in [2.75, 3.05) is 39.9 Å². The average molecular weight is 212 g/mol. The van der Waals surface area contributed by atoms with Gasteiger partial charge in [0.2, 0.25) is 0 Å². The predicted octanol–water partition coefficient (Wildman–Crippen LogP) is 1.26. The van der Waals surface area contributed by atoms with Crippen LogP contribution in [0.1, 0.15) is 20.3 Å². The first-order valence-corrected chi connectivity index (χ1v) is 5.87. The lowest BCUT2D eigenvalue weighted by molar-refractivity contribution is 0.0945. The van der Waals surface area contributed by atoms with E-state index in [-0.39, 0.29) is 0 Å². The van der Waals surface area contributed by atoms with E-state index in [1.54, 1.807) is 7.11 Å². The lowest BCUT2D eigenvalue weighted by atomic mass is 10.1. The van der Waals surface area contributed by atoms with Crippen LogP contribution in [0.15, 0.2) is 11.6 Å². The molecular weight excluding hydrogens is 188 g/mol. The summed E-state index contributed by atoms with van der Waals surface area (Å²) in [6.07, 6.45) is 3.53. The van der Waals surface area contributed by atoms with Gasteiger partial charge in [-0.1, -0.05) is 18.6 Å². The van der Waals surface area contributed by atoms with Crippen LogP contribution in [0.3, 0.4) is 0 Å². The Labute approximate surface area is 93.5 Å². The molecule has 0 aromatic carbocycles. The van der Waals surface area contributed by atoms with Gasteiger partial charge >= 0.3 is 0 Å². The summed E-state index contributed by atoms with van der Waals surface area (Å²) in [4.78, 5) is 2.50. The largest absolute Gasteiger partial charge is 0.383 e. The zero-order valence-electron chi connectivity index (χ0n) is 10.3. The maximum absolute atomic E-state index is 5.28. The van der Waals surface area contributed by atoms with Gasteiger partial charge in [0.15, 0.2) is 0 Å². The lowest BCUT2D eigenvalue weighted by Crippen LogP contribution is -2.46. The minimum atomic E-state index is 0.513. The highest BCUT2D eigenvalue weighted by Crippen LogP contribution is 2.12. The van der Waals surface area contributed by atoms with Crippen LogP contribution in [0.4, 0.5) is 0 Å². The second-order valence-electron chi connectivity index (χ2n) is 4.21. The Balaban J connectivity index is 2.41. The SMILES string of the molecule is CCNCC(COC)N1CC=C(C)CC1. The fourth-order valence-corrected chi connectivity index (χ4v) is 1.91. The van der Waals surface area contributed by atoms with Crippen LogP contribution in [0.5, 0.6) is 0 Å². The molecule has 0 aromatic rings. The van der Waals surface area contributed by atoms with Crippen molar-refractivity contribution in [2.45, 2.75) is 26.3 Å².